The first kappa shape index (κ1) is 118. The lowest BCUT2D eigenvalue weighted by atomic mass is 9.86. The number of aromatic nitrogens is 11. The number of halogens is 9. The molecule has 11 aromatic rings. The van der Waals surface area contributed by atoms with Crippen LogP contribution in [0.3, 0.4) is 0 Å². The van der Waals surface area contributed by atoms with E-state index in [-0.39, 0.29) is 71.7 Å². The first-order valence-electron chi connectivity index (χ1n) is 49.5. The predicted octanol–water partition coefficient (Wildman–Crippen LogP) is 21.7. The number of carbonyl (C=O) groups is 2. The van der Waals surface area contributed by atoms with Gasteiger partial charge in [-0.05, 0) is 260 Å². The summed E-state index contributed by atoms with van der Waals surface area (Å²) in [5, 5.41) is 8.05. The van der Waals surface area contributed by atoms with E-state index in [4.69, 9.17) is 28.4 Å². The third-order valence-electron chi connectivity index (χ3n) is 23.9. The van der Waals surface area contributed by atoms with Crippen LogP contribution >= 0.6 is 0 Å². The average molecular weight is 2060 g/mol. The number of anilines is 4. The van der Waals surface area contributed by atoms with Gasteiger partial charge in [0.15, 0.2) is 0 Å². The van der Waals surface area contributed by atoms with Crippen LogP contribution in [0.15, 0.2) is 168 Å². The molecule has 0 saturated carbocycles. The highest BCUT2D eigenvalue weighted by atomic mass is 19.4. The van der Waals surface area contributed by atoms with Crippen LogP contribution < -0.4 is 48.0 Å². The smallest absolute Gasteiger partial charge is 0.416 e. The molecule has 14 rings (SSSR count). The second-order valence-electron chi connectivity index (χ2n) is 40.7. The number of aliphatic imine (C=N–C) groups is 1. The van der Waals surface area contributed by atoms with Gasteiger partial charge in [-0.3, -0.25) is 14.6 Å². The molecule has 3 aliphatic heterocycles. The highest BCUT2D eigenvalue weighted by molar-refractivity contribution is 6.46. The van der Waals surface area contributed by atoms with Crippen molar-refractivity contribution in [2.75, 3.05) is 167 Å². The third-order valence-corrected chi connectivity index (χ3v) is 23.9. The van der Waals surface area contributed by atoms with Crippen LogP contribution in [0.25, 0.3) is 0 Å². The fourth-order valence-electron chi connectivity index (χ4n) is 16.2. The van der Waals surface area contributed by atoms with E-state index < -0.39 is 35.2 Å². The summed E-state index contributed by atoms with van der Waals surface area (Å²) < 4.78 is 152. The molecule has 0 unspecified atom stereocenters. The molecular formula is C112H146F9N19O8. The molecule has 6 aromatic carbocycles. The molecule has 8 heterocycles. The quantitative estimate of drug-likeness (QED) is 0.0379. The number of hydrogen-bond donors (Lipinski definition) is 0. The predicted molar refractivity (Wildman–Crippen MR) is 565 cm³/mol. The molecule has 5 aromatic heterocycles. The van der Waals surface area contributed by atoms with Crippen molar-refractivity contribution in [2.45, 2.75) is 205 Å². The van der Waals surface area contributed by atoms with E-state index >= 15 is 0 Å². The van der Waals surface area contributed by atoms with E-state index in [2.05, 4.69) is 160 Å². The van der Waals surface area contributed by atoms with Gasteiger partial charge < -0.3 is 67.3 Å². The number of nitrogens with zero attached hydrogens (tertiary/aromatic N) is 19. The number of rotatable bonds is 30. The fourth-order valence-corrected chi connectivity index (χ4v) is 16.2. The molecule has 0 spiro atoms. The van der Waals surface area contributed by atoms with Crippen molar-refractivity contribution < 1.29 is 77.5 Å². The molecule has 27 nitrogen and oxygen atoms in total. The standard InChI is InChI=1S/C22H31N3O2.2C19H27N3O.C18H21F3N4O2.2C17H20F3N3O/c1-22(2,3)18-8-6-7-9-19(18)27-13-12-25(5)21(26)20-17-10-11-24(4)15-16(17)14-23-20;2*1-14-13-15(2)21-18(20-14)22(6)11-12-23-17-10-8-7-9-16(17)19(3,4)5;1-12-9-13(18(19,20)21)11-14(10-12)27-8-7-24(2)17(26)16-23-22-15-5-3-4-6-25(15)16;2*1-11-7-14(17(18,19)20)10-15(8-11)24-6-5-23(4)16-21-12(2)9-13(3)22-16/h6-9H,10-15H2,1-5H3;2*7-10,13H,11-12H2,1-6H3;9-11H,3-8H2,1-2H3;2*7-10H,5-6H2,1-4H3. The number of para-hydroxylation sites is 3. The number of fused-ring (bicyclic) bond motifs is 1. The molecule has 2 amide bonds. The number of carbonyl (C=O) groups excluding carboxylic acids is 2. The summed E-state index contributed by atoms with van der Waals surface area (Å²) in [6.07, 6.45) is -9.45. The van der Waals surface area contributed by atoms with Gasteiger partial charge in [0.2, 0.25) is 29.6 Å². The van der Waals surface area contributed by atoms with Gasteiger partial charge in [-0.1, -0.05) is 117 Å². The Morgan fingerprint density at radius 2 is 0.649 bits per heavy atom. The Morgan fingerprint density at radius 1 is 0.351 bits per heavy atom. The number of likely N-dealkylation sites (N-methyl/N-ethyl adjacent to an activating group) is 7. The topological polar surface area (TPSA) is 258 Å². The summed E-state index contributed by atoms with van der Waals surface area (Å²) in [4.78, 5) is 78.3. The lowest BCUT2D eigenvalue weighted by molar-refractivity contribution is -0.138. The molecule has 0 atom stereocenters. The van der Waals surface area contributed by atoms with Gasteiger partial charge in [0.05, 0.1) is 62.5 Å². The molecule has 0 saturated heterocycles. The highest BCUT2D eigenvalue weighted by Gasteiger charge is 2.36. The van der Waals surface area contributed by atoms with Crippen LogP contribution in [-0.4, -0.2) is 235 Å². The van der Waals surface area contributed by atoms with Gasteiger partial charge in [-0.15, -0.1) is 10.2 Å². The highest BCUT2D eigenvalue weighted by Crippen LogP contribution is 2.39. The number of ether oxygens (including phenoxy) is 6. The van der Waals surface area contributed by atoms with Crippen molar-refractivity contribution in [3.05, 3.63) is 270 Å². The second kappa shape index (κ2) is 52.9. The molecule has 0 N–H and O–H groups in total. The van der Waals surface area contributed by atoms with Crippen molar-refractivity contribution in [1.29, 1.82) is 0 Å². The molecule has 0 aliphatic carbocycles. The summed E-state index contributed by atoms with van der Waals surface area (Å²) >= 11 is 0. The van der Waals surface area contributed by atoms with Crippen LogP contribution in [0.2, 0.25) is 0 Å². The van der Waals surface area contributed by atoms with E-state index in [9.17, 15) is 49.1 Å². The molecule has 148 heavy (non-hydrogen) atoms. The minimum atomic E-state index is -4.43. The monoisotopic (exact) mass is 2060 g/mol. The van der Waals surface area contributed by atoms with E-state index in [0.29, 0.717) is 86.1 Å². The zero-order valence-corrected chi connectivity index (χ0v) is 90.7. The third kappa shape index (κ3) is 36.8. The molecule has 800 valence electrons. The molecule has 0 bridgehead atoms. The van der Waals surface area contributed by atoms with Gasteiger partial charge in [-0.2, -0.15) is 39.5 Å². The first-order valence-corrected chi connectivity index (χ1v) is 49.5. The molecular weight excluding hydrogens is 1910 g/mol. The summed E-state index contributed by atoms with van der Waals surface area (Å²) in [5.41, 5.74) is 13.6. The number of amides is 2. The van der Waals surface area contributed by atoms with Crippen LogP contribution in [0.5, 0.6) is 34.5 Å². The van der Waals surface area contributed by atoms with E-state index in [1.807, 2.05) is 172 Å². The maximum atomic E-state index is 12.9. The second-order valence-corrected chi connectivity index (χ2v) is 40.7. The largest absolute Gasteiger partial charge is 0.492 e. The molecule has 0 fully saturated rings. The minimum Gasteiger partial charge on any atom is -0.492 e. The van der Waals surface area contributed by atoms with Crippen LogP contribution in [0.4, 0.5) is 63.3 Å². The Labute approximate surface area is 866 Å². The summed E-state index contributed by atoms with van der Waals surface area (Å²) in [5.74, 6) is 6.80. The summed E-state index contributed by atoms with van der Waals surface area (Å²) in [7, 11) is 13.2. The van der Waals surface area contributed by atoms with E-state index in [0.717, 1.165) is 175 Å². The molecule has 36 heteroatoms. The van der Waals surface area contributed by atoms with Gasteiger partial charge in [0, 0.05) is 114 Å². The normalized spacial score (nSPS) is 13.0. The molecule has 3 aliphatic rings. The Morgan fingerprint density at radius 3 is 0.966 bits per heavy atom. The first-order chi connectivity index (χ1) is 69.4. The van der Waals surface area contributed by atoms with Crippen LogP contribution in [0, 0.1) is 76.2 Å². The van der Waals surface area contributed by atoms with E-state index in [1.54, 1.807) is 54.7 Å². The zero-order valence-electron chi connectivity index (χ0n) is 90.7. The van der Waals surface area contributed by atoms with Gasteiger partial charge in [-0.25, -0.2) is 39.9 Å². The van der Waals surface area contributed by atoms with Gasteiger partial charge in [0.1, 0.15) is 85.7 Å². The fraction of sp³-hybridized carbons (Fsp3) is 0.473. The van der Waals surface area contributed by atoms with Crippen molar-refractivity contribution >= 4 is 41.3 Å². The Kier molecular flexibility index (Phi) is 42.2. The Bertz CT molecular complexity index is 5990. The van der Waals surface area contributed by atoms with Crippen molar-refractivity contribution in [1.82, 2.24) is 69.3 Å². The summed E-state index contributed by atoms with van der Waals surface area (Å²) in [6, 6.07) is 43.3. The van der Waals surface area contributed by atoms with Crippen LogP contribution in [-0.2, 0) is 52.5 Å². The molecule has 0 radical (unpaired) electrons. The minimum absolute atomic E-state index is 0.0114. The van der Waals surface area contributed by atoms with Crippen molar-refractivity contribution in [3.8, 4) is 34.5 Å². The Balaban J connectivity index is 0.000000198. The van der Waals surface area contributed by atoms with Crippen molar-refractivity contribution in [2.24, 2.45) is 4.99 Å². The van der Waals surface area contributed by atoms with Crippen LogP contribution in [0.1, 0.15) is 194 Å². The lowest BCUT2D eigenvalue weighted by Crippen LogP contribution is -2.38. The lowest BCUT2D eigenvalue weighted by Gasteiger charge is -2.26. The van der Waals surface area contributed by atoms with Crippen molar-refractivity contribution in [3.63, 3.8) is 0 Å². The number of aryl methyl sites for hydroxylation is 12. The summed E-state index contributed by atoms with van der Waals surface area (Å²) in [6.45, 7) is 48.6. The van der Waals surface area contributed by atoms with Gasteiger partial charge in [0.25, 0.3) is 11.8 Å². The number of alkyl halides is 9. The number of hydrogen-bond acceptors (Lipinski definition) is 24. The maximum Gasteiger partial charge on any atom is 0.416 e. The van der Waals surface area contributed by atoms with E-state index in [1.165, 1.54) is 38.8 Å². The SMILES string of the molecule is CN1CCC2=C(CN=C2C(=O)N(C)CCOc2ccccc2C(C)(C)C)C1.Cc1cc(C)nc(N(C)CCOc2ccccc2C(C)(C)C)n1.Cc1cc(C)nc(N(C)CCOc2ccccc2C(C)(C)C)n1.Cc1cc(OCCN(C)C(=O)c2nnc3n2CCCC3)cc(C(F)(F)F)c1.Cc1cc(OCCN(C)c2nc(C)cc(C)n2)cc(C(F)(F)F)c1.Cc1cc(OCCN(C)c2nc(C)cc(C)n2)cc(C(F)(F)F)c1. The zero-order chi connectivity index (χ0) is 109. The average Bonchev–Trinajstić information content (AvgIpc) is 1.65. The number of benzene rings is 6. The maximum absolute atomic E-state index is 12.9. The Hall–Kier alpha value is -13.5. The van der Waals surface area contributed by atoms with Gasteiger partial charge >= 0.3 is 18.5 Å².